The van der Waals surface area contributed by atoms with Crippen LogP contribution >= 0.6 is 0 Å². The molecule has 1 saturated carbocycles. The van der Waals surface area contributed by atoms with E-state index in [9.17, 15) is 4.79 Å². The first kappa shape index (κ1) is 13.5. The van der Waals surface area contributed by atoms with Crippen molar-refractivity contribution in [2.75, 3.05) is 0 Å². The minimum absolute atomic E-state index is 0.00374. The standard InChI is InChI=1S/C13H26N2O/c1-4-13(5-2,6-3)15-12(16)10-7-8-11(14)9-10/h10-11H,4-9,14H2,1-3H3,(H,15,16). The summed E-state index contributed by atoms with van der Waals surface area (Å²) in [6.07, 6.45) is 5.83. The van der Waals surface area contributed by atoms with Crippen LogP contribution in [0.4, 0.5) is 0 Å². The van der Waals surface area contributed by atoms with Gasteiger partial charge in [-0.3, -0.25) is 4.79 Å². The second kappa shape index (κ2) is 5.67. The lowest BCUT2D eigenvalue weighted by Crippen LogP contribution is -2.49. The normalized spacial score (nSPS) is 25.8. The summed E-state index contributed by atoms with van der Waals surface area (Å²) in [6, 6.07) is 0.232. The van der Waals surface area contributed by atoms with Crippen molar-refractivity contribution in [3.8, 4) is 0 Å². The monoisotopic (exact) mass is 226 g/mol. The topological polar surface area (TPSA) is 55.1 Å². The van der Waals surface area contributed by atoms with Gasteiger partial charge in [-0.2, -0.15) is 0 Å². The maximum absolute atomic E-state index is 12.1. The molecule has 0 aromatic rings. The molecule has 2 unspecified atom stereocenters. The number of carbonyl (C=O) groups excluding carboxylic acids is 1. The second-order valence-electron chi connectivity index (χ2n) is 5.10. The van der Waals surface area contributed by atoms with Crippen molar-refractivity contribution in [1.82, 2.24) is 5.32 Å². The average molecular weight is 226 g/mol. The van der Waals surface area contributed by atoms with Crippen molar-refractivity contribution in [3.63, 3.8) is 0 Å². The highest BCUT2D eigenvalue weighted by molar-refractivity contribution is 5.79. The zero-order valence-electron chi connectivity index (χ0n) is 10.9. The predicted molar refractivity (Wildman–Crippen MR) is 67.1 cm³/mol. The van der Waals surface area contributed by atoms with Gasteiger partial charge in [0.25, 0.3) is 0 Å². The molecule has 0 heterocycles. The number of rotatable bonds is 5. The molecule has 0 bridgehead atoms. The number of nitrogens with two attached hydrogens (primary N) is 1. The summed E-state index contributed by atoms with van der Waals surface area (Å²) in [4.78, 5) is 12.1. The van der Waals surface area contributed by atoms with Gasteiger partial charge >= 0.3 is 0 Å². The van der Waals surface area contributed by atoms with Crippen LogP contribution < -0.4 is 11.1 Å². The molecule has 16 heavy (non-hydrogen) atoms. The van der Waals surface area contributed by atoms with Gasteiger partial charge in [-0.15, -0.1) is 0 Å². The van der Waals surface area contributed by atoms with Gasteiger partial charge in [0.1, 0.15) is 0 Å². The van der Waals surface area contributed by atoms with E-state index < -0.39 is 0 Å². The lowest BCUT2D eigenvalue weighted by Gasteiger charge is -2.33. The van der Waals surface area contributed by atoms with E-state index in [0.717, 1.165) is 38.5 Å². The van der Waals surface area contributed by atoms with Crippen molar-refractivity contribution in [1.29, 1.82) is 0 Å². The molecular weight excluding hydrogens is 200 g/mol. The lowest BCUT2D eigenvalue weighted by molar-refractivity contribution is -0.127. The number of nitrogens with one attached hydrogen (secondary N) is 1. The second-order valence-corrected chi connectivity index (χ2v) is 5.10. The summed E-state index contributed by atoms with van der Waals surface area (Å²) in [5.41, 5.74) is 5.85. The Morgan fingerprint density at radius 1 is 1.25 bits per heavy atom. The summed E-state index contributed by atoms with van der Waals surface area (Å²) in [5.74, 6) is 0.373. The fourth-order valence-electron chi connectivity index (χ4n) is 2.63. The van der Waals surface area contributed by atoms with Crippen LogP contribution in [-0.2, 0) is 4.79 Å². The molecule has 1 aliphatic carbocycles. The van der Waals surface area contributed by atoms with Crippen molar-refractivity contribution >= 4 is 5.91 Å². The van der Waals surface area contributed by atoms with E-state index in [1.54, 1.807) is 0 Å². The molecule has 1 fully saturated rings. The quantitative estimate of drug-likeness (QED) is 0.755. The van der Waals surface area contributed by atoms with E-state index >= 15 is 0 Å². The zero-order valence-corrected chi connectivity index (χ0v) is 10.9. The smallest absolute Gasteiger partial charge is 0.223 e. The molecule has 0 spiro atoms. The van der Waals surface area contributed by atoms with E-state index in [-0.39, 0.29) is 23.4 Å². The van der Waals surface area contributed by atoms with Gasteiger partial charge in [0, 0.05) is 17.5 Å². The van der Waals surface area contributed by atoms with E-state index in [0.29, 0.717) is 0 Å². The third-order valence-electron chi connectivity index (χ3n) is 4.26. The SMILES string of the molecule is CCC(CC)(CC)NC(=O)C1CCC(N)C1. The van der Waals surface area contributed by atoms with Gasteiger partial charge in [-0.25, -0.2) is 0 Å². The third kappa shape index (κ3) is 2.97. The Balaban J connectivity index is 2.55. The molecule has 0 saturated heterocycles. The Bertz CT molecular complexity index is 228. The van der Waals surface area contributed by atoms with Crippen molar-refractivity contribution < 1.29 is 4.79 Å². The maximum atomic E-state index is 12.1. The van der Waals surface area contributed by atoms with Crippen LogP contribution in [-0.4, -0.2) is 17.5 Å². The van der Waals surface area contributed by atoms with Crippen molar-refractivity contribution in [2.24, 2.45) is 11.7 Å². The van der Waals surface area contributed by atoms with Gasteiger partial charge in [-0.1, -0.05) is 20.8 Å². The molecular formula is C13H26N2O. The highest BCUT2D eigenvalue weighted by atomic mass is 16.2. The van der Waals surface area contributed by atoms with Gasteiger partial charge in [0.15, 0.2) is 0 Å². The summed E-state index contributed by atoms with van der Waals surface area (Å²) >= 11 is 0. The fourth-order valence-corrected chi connectivity index (χ4v) is 2.63. The lowest BCUT2D eigenvalue weighted by atomic mass is 9.89. The van der Waals surface area contributed by atoms with E-state index in [1.807, 2.05) is 0 Å². The number of hydrogen-bond acceptors (Lipinski definition) is 2. The van der Waals surface area contributed by atoms with Crippen LogP contribution in [0, 0.1) is 5.92 Å². The molecule has 0 aliphatic heterocycles. The largest absolute Gasteiger partial charge is 0.350 e. The summed E-state index contributed by atoms with van der Waals surface area (Å²) < 4.78 is 0. The zero-order chi connectivity index (χ0) is 12.2. The van der Waals surface area contributed by atoms with Crippen LogP contribution in [0.1, 0.15) is 59.3 Å². The molecule has 94 valence electrons. The van der Waals surface area contributed by atoms with Crippen LogP contribution in [0.5, 0.6) is 0 Å². The Morgan fingerprint density at radius 3 is 2.19 bits per heavy atom. The minimum atomic E-state index is 0.00374. The Labute approximate surface area is 99.2 Å². The molecule has 0 aromatic carbocycles. The van der Waals surface area contributed by atoms with Crippen molar-refractivity contribution in [3.05, 3.63) is 0 Å². The number of carbonyl (C=O) groups is 1. The molecule has 3 N–H and O–H groups in total. The van der Waals surface area contributed by atoms with E-state index in [4.69, 9.17) is 5.73 Å². The molecule has 3 nitrogen and oxygen atoms in total. The summed E-state index contributed by atoms with van der Waals surface area (Å²) in [5, 5.41) is 3.25. The first-order valence-electron chi connectivity index (χ1n) is 6.64. The van der Waals surface area contributed by atoms with Crippen LogP contribution in [0.2, 0.25) is 0 Å². The molecule has 3 heteroatoms. The number of amides is 1. The van der Waals surface area contributed by atoms with Crippen LogP contribution in [0.15, 0.2) is 0 Å². The molecule has 1 aliphatic rings. The predicted octanol–water partition coefficient (Wildman–Crippen LogP) is 2.20. The van der Waals surface area contributed by atoms with Crippen LogP contribution in [0.3, 0.4) is 0 Å². The Hall–Kier alpha value is -0.570. The highest BCUT2D eigenvalue weighted by Crippen LogP contribution is 2.26. The molecule has 1 amide bonds. The van der Waals surface area contributed by atoms with Gasteiger partial charge in [0.2, 0.25) is 5.91 Å². The first-order valence-corrected chi connectivity index (χ1v) is 6.64. The van der Waals surface area contributed by atoms with Crippen LogP contribution in [0.25, 0.3) is 0 Å². The minimum Gasteiger partial charge on any atom is -0.350 e. The maximum Gasteiger partial charge on any atom is 0.223 e. The van der Waals surface area contributed by atoms with E-state index in [1.165, 1.54) is 0 Å². The van der Waals surface area contributed by atoms with Crippen molar-refractivity contribution in [2.45, 2.75) is 70.9 Å². The summed E-state index contributed by atoms with van der Waals surface area (Å²) in [6.45, 7) is 6.44. The molecule has 2 atom stereocenters. The highest BCUT2D eigenvalue weighted by Gasteiger charge is 2.32. The molecule has 0 radical (unpaired) electrons. The average Bonchev–Trinajstić information content (AvgIpc) is 2.73. The third-order valence-corrected chi connectivity index (χ3v) is 4.26. The van der Waals surface area contributed by atoms with Gasteiger partial charge in [0.05, 0.1) is 0 Å². The summed E-state index contributed by atoms with van der Waals surface area (Å²) in [7, 11) is 0. The molecule has 0 aromatic heterocycles. The Morgan fingerprint density at radius 2 is 1.81 bits per heavy atom. The molecule has 1 rings (SSSR count). The van der Waals surface area contributed by atoms with Gasteiger partial charge < -0.3 is 11.1 Å². The fraction of sp³-hybridized carbons (Fsp3) is 0.923. The van der Waals surface area contributed by atoms with Gasteiger partial charge in [-0.05, 0) is 38.5 Å². The van der Waals surface area contributed by atoms with E-state index in [2.05, 4.69) is 26.1 Å². The number of hydrogen-bond donors (Lipinski definition) is 2. The first-order chi connectivity index (χ1) is 7.56. The Kier molecular flexibility index (Phi) is 4.78.